The molecule has 0 amide bonds. The van der Waals surface area contributed by atoms with E-state index in [1.54, 1.807) is 0 Å². The number of alkyl halides is 3. The third-order valence-corrected chi connectivity index (χ3v) is 2.95. The van der Waals surface area contributed by atoms with Crippen molar-refractivity contribution in [3.05, 3.63) is 22.3 Å². The lowest BCUT2D eigenvalue weighted by Gasteiger charge is -2.27. The zero-order valence-corrected chi connectivity index (χ0v) is 12.8. The first-order valence-electron chi connectivity index (χ1n) is 6.10. The van der Waals surface area contributed by atoms with Crippen LogP contribution in [-0.4, -0.2) is 18.1 Å². The van der Waals surface area contributed by atoms with Crippen molar-refractivity contribution in [2.45, 2.75) is 26.4 Å². The summed E-state index contributed by atoms with van der Waals surface area (Å²) >= 11 is 3.01. The summed E-state index contributed by atoms with van der Waals surface area (Å²) in [7, 11) is 0. The second-order valence-electron chi connectivity index (χ2n) is 4.77. The van der Waals surface area contributed by atoms with E-state index in [4.69, 9.17) is 5.26 Å². The zero-order chi connectivity index (χ0) is 15.3. The van der Waals surface area contributed by atoms with E-state index >= 15 is 0 Å². The highest BCUT2D eigenvalue weighted by Crippen LogP contribution is 2.37. The molecule has 7 heteroatoms. The maximum absolute atomic E-state index is 13.1. The van der Waals surface area contributed by atoms with Gasteiger partial charge in [-0.05, 0) is 27.9 Å². The summed E-state index contributed by atoms with van der Waals surface area (Å²) in [6.07, 6.45) is -2.99. The number of hydrogen-bond donors (Lipinski definition) is 0. The second-order valence-corrected chi connectivity index (χ2v) is 5.69. The van der Waals surface area contributed by atoms with E-state index in [1.165, 1.54) is 11.1 Å². The Morgan fingerprint density at radius 3 is 2.60 bits per heavy atom. The van der Waals surface area contributed by atoms with Gasteiger partial charge in [-0.2, -0.15) is 18.4 Å². The van der Waals surface area contributed by atoms with Gasteiger partial charge in [0.2, 0.25) is 0 Å². The molecule has 1 rings (SSSR count). The number of nitriles is 1. The molecule has 110 valence electrons. The van der Waals surface area contributed by atoms with E-state index in [9.17, 15) is 13.2 Å². The highest BCUT2D eigenvalue weighted by atomic mass is 79.9. The molecule has 0 aliphatic carbocycles. The second kappa shape index (κ2) is 6.93. The molecule has 0 radical (unpaired) electrons. The van der Waals surface area contributed by atoms with Crippen LogP contribution in [0.15, 0.2) is 16.7 Å². The van der Waals surface area contributed by atoms with Crippen LogP contribution in [0.3, 0.4) is 0 Å². The fraction of sp³-hybridized carbons (Fsp3) is 0.538. The molecule has 0 aromatic carbocycles. The Bertz CT molecular complexity index is 495. The first kappa shape index (κ1) is 16.8. The molecule has 0 aliphatic rings. The molecular formula is C13H15BrF3N3. The van der Waals surface area contributed by atoms with Gasteiger partial charge in [0.05, 0.1) is 18.1 Å². The predicted octanol–water partition coefficient (Wildman–Crippen LogP) is 4.24. The van der Waals surface area contributed by atoms with Crippen LogP contribution in [0.5, 0.6) is 0 Å². The third-order valence-electron chi connectivity index (χ3n) is 2.52. The van der Waals surface area contributed by atoms with Gasteiger partial charge in [-0.3, -0.25) is 0 Å². The van der Waals surface area contributed by atoms with Crippen molar-refractivity contribution in [2.24, 2.45) is 5.92 Å². The van der Waals surface area contributed by atoms with E-state index in [0.29, 0.717) is 6.54 Å². The Labute approximate surface area is 124 Å². The SMILES string of the molecule is CC(C)CN(CCC#N)c1ncc(Br)cc1C(F)(F)F. The highest BCUT2D eigenvalue weighted by molar-refractivity contribution is 9.10. The lowest BCUT2D eigenvalue weighted by molar-refractivity contribution is -0.137. The third kappa shape index (κ3) is 4.67. The molecule has 0 fully saturated rings. The van der Waals surface area contributed by atoms with E-state index < -0.39 is 11.7 Å². The molecule has 0 saturated carbocycles. The van der Waals surface area contributed by atoms with Crippen LogP contribution in [0.1, 0.15) is 25.8 Å². The summed E-state index contributed by atoms with van der Waals surface area (Å²) in [6.45, 7) is 4.46. The molecule has 0 saturated heterocycles. The number of hydrogen-bond acceptors (Lipinski definition) is 3. The molecule has 0 atom stereocenters. The average molecular weight is 350 g/mol. The first-order chi connectivity index (χ1) is 9.25. The first-order valence-corrected chi connectivity index (χ1v) is 6.89. The largest absolute Gasteiger partial charge is 0.419 e. The van der Waals surface area contributed by atoms with Crippen LogP contribution < -0.4 is 4.90 Å². The van der Waals surface area contributed by atoms with Gasteiger partial charge in [0.25, 0.3) is 0 Å². The Balaban J connectivity index is 3.21. The number of halogens is 4. The van der Waals surface area contributed by atoms with Crippen LogP contribution in [0.4, 0.5) is 19.0 Å². The minimum absolute atomic E-state index is 0.121. The van der Waals surface area contributed by atoms with Gasteiger partial charge in [-0.1, -0.05) is 13.8 Å². The molecular weight excluding hydrogens is 335 g/mol. The highest BCUT2D eigenvalue weighted by Gasteiger charge is 2.36. The number of pyridine rings is 1. The van der Waals surface area contributed by atoms with Gasteiger partial charge >= 0.3 is 6.18 Å². The number of rotatable bonds is 5. The molecule has 1 heterocycles. The minimum Gasteiger partial charge on any atom is -0.355 e. The van der Waals surface area contributed by atoms with Gasteiger partial charge in [0, 0.05) is 23.8 Å². The van der Waals surface area contributed by atoms with Crippen molar-refractivity contribution < 1.29 is 13.2 Å². The molecule has 3 nitrogen and oxygen atoms in total. The van der Waals surface area contributed by atoms with Gasteiger partial charge < -0.3 is 4.90 Å². The fourth-order valence-electron chi connectivity index (χ4n) is 1.80. The van der Waals surface area contributed by atoms with E-state index in [-0.39, 0.29) is 29.2 Å². The summed E-state index contributed by atoms with van der Waals surface area (Å²) < 4.78 is 39.6. The lowest BCUT2D eigenvalue weighted by atomic mass is 10.1. The molecule has 20 heavy (non-hydrogen) atoms. The minimum atomic E-state index is -4.48. The topological polar surface area (TPSA) is 39.9 Å². The smallest absolute Gasteiger partial charge is 0.355 e. The van der Waals surface area contributed by atoms with Crippen LogP contribution in [-0.2, 0) is 6.18 Å². The Morgan fingerprint density at radius 2 is 2.10 bits per heavy atom. The molecule has 1 aromatic rings. The standard InChI is InChI=1S/C13H15BrF3N3/c1-9(2)8-20(5-3-4-18)12-11(13(15,16)17)6-10(14)7-19-12/h6-7,9H,3,5,8H2,1-2H3. The molecule has 0 N–H and O–H groups in total. The number of aromatic nitrogens is 1. The Hall–Kier alpha value is -1.29. The van der Waals surface area contributed by atoms with Gasteiger partial charge in [0.15, 0.2) is 0 Å². The molecule has 0 bridgehead atoms. The lowest BCUT2D eigenvalue weighted by Crippen LogP contribution is -2.31. The summed E-state index contributed by atoms with van der Waals surface area (Å²) in [4.78, 5) is 5.42. The fourth-order valence-corrected chi connectivity index (χ4v) is 2.13. The Kier molecular flexibility index (Phi) is 5.81. The van der Waals surface area contributed by atoms with Crippen molar-refractivity contribution in [1.29, 1.82) is 5.26 Å². The van der Waals surface area contributed by atoms with E-state index in [2.05, 4.69) is 20.9 Å². The van der Waals surface area contributed by atoms with Gasteiger partial charge in [-0.25, -0.2) is 4.98 Å². The van der Waals surface area contributed by atoms with Gasteiger partial charge in [0.1, 0.15) is 5.82 Å². The maximum Gasteiger partial charge on any atom is 0.419 e. The van der Waals surface area contributed by atoms with Crippen LogP contribution in [0.2, 0.25) is 0 Å². The van der Waals surface area contributed by atoms with E-state index in [0.717, 1.165) is 6.07 Å². The number of anilines is 1. The molecule has 0 spiro atoms. The number of nitrogens with zero attached hydrogens (tertiary/aromatic N) is 3. The summed E-state index contributed by atoms with van der Waals surface area (Å²) in [5, 5.41) is 8.64. The predicted molar refractivity (Wildman–Crippen MR) is 74.2 cm³/mol. The van der Waals surface area contributed by atoms with Crippen LogP contribution in [0, 0.1) is 17.2 Å². The van der Waals surface area contributed by atoms with Crippen LogP contribution >= 0.6 is 15.9 Å². The van der Waals surface area contributed by atoms with Crippen molar-refractivity contribution in [2.75, 3.05) is 18.0 Å². The van der Waals surface area contributed by atoms with Crippen molar-refractivity contribution >= 4 is 21.7 Å². The Morgan fingerprint density at radius 1 is 1.45 bits per heavy atom. The van der Waals surface area contributed by atoms with Crippen molar-refractivity contribution in [3.8, 4) is 6.07 Å². The molecule has 1 aromatic heterocycles. The van der Waals surface area contributed by atoms with Crippen molar-refractivity contribution in [1.82, 2.24) is 4.98 Å². The summed E-state index contributed by atoms with van der Waals surface area (Å²) in [5.74, 6) is 0.0462. The quantitative estimate of drug-likeness (QED) is 0.798. The summed E-state index contributed by atoms with van der Waals surface area (Å²) in [6, 6.07) is 2.97. The van der Waals surface area contributed by atoms with Crippen LogP contribution in [0.25, 0.3) is 0 Å². The zero-order valence-electron chi connectivity index (χ0n) is 11.2. The average Bonchev–Trinajstić information content (AvgIpc) is 2.33. The van der Waals surface area contributed by atoms with Gasteiger partial charge in [-0.15, -0.1) is 0 Å². The van der Waals surface area contributed by atoms with Crippen molar-refractivity contribution in [3.63, 3.8) is 0 Å². The van der Waals surface area contributed by atoms with E-state index in [1.807, 2.05) is 19.9 Å². The summed E-state index contributed by atoms with van der Waals surface area (Å²) in [5.41, 5.74) is -0.787. The monoisotopic (exact) mass is 349 g/mol. The molecule has 0 unspecified atom stereocenters. The maximum atomic E-state index is 13.1. The normalized spacial score (nSPS) is 11.5. The molecule has 0 aliphatic heterocycles.